The first kappa shape index (κ1) is 9.87. The highest BCUT2D eigenvalue weighted by Crippen LogP contribution is 2.69. The molecule has 4 aliphatic rings. The van der Waals surface area contributed by atoms with Crippen molar-refractivity contribution in [2.24, 2.45) is 35.5 Å². The topological polar surface area (TPSA) is 52.6 Å². The maximum atomic E-state index is 11.7. The fourth-order valence-electron chi connectivity index (χ4n) is 3.73. The average molecular weight is 222 g/mol. The molecule has 0 aliphatic heterocycles. The predicted octanol–water partition coefficient (Wildman–Crippen LogP) is 0.627. The molecule has 4 rings (SSSR count). The van der Waals surface area contributed by atoms with Crippen LogP contribution in [-0.2, 0) is 19.1 Å². The molecular formula is C12H14O4. The predicted molar refractivity (Wildman–Crippen MR) is 54.1 cm³/mol. The van der Waals surface area contributed by atoms with E-state index >= 15 is 0 Å². The van der Waals surface area contributed by atoms with Crippen LogP contribution >= 0.6 is 0 Å². The van der Waals surface area contributed by atoms with Crippen molar-refractivity contribution in [2.45, 2.75) is 0 Å². The van der Waals surface area contributed by atoms with Crippen LogP contribution in [0.4, 0.5) is 0 Å². The van der Waals surface area contributed by atoms with Crippen molar-refractivity contribution in [3.8, 4) is 0 Å². The number of rotatable bonds is 2. The van der Waals surface area contributed by atoms with E-state index in [2.05, 4.69) is 6.08 Å². The summed E-state index contributed by atoms with van der Waals surface area (Å²) >= 11 is 0. The molecule has 86 valence electrons. The van der Waals surface area contributed by atoms with Gasteiger partial charge in [-0.3, -0.25) is 9.59 Å². The van der Waals surface area contributed by atoms with Crippen LogP contribution in [-0.4, -0.2) is 26.2 Å². The van der Waals surface area contributed by atoms with E-state index in [0.29, 0.717) is 17.8 Å². The van der Waals surface area contributed by atoms with E-state index in [9.17, 15) is 9.59 Å². The molecule has 0 spiro atoms. The van der Waals surface area contributed by atoms with Gasteiger partial charge in [-0.05, 0) is 17.8 Å². The zero-order valence-corrected chi connectivity index (χ0v) is 9.25. The van der Waals surface area contributed by atoms with Gasteiger partial charge in [0.05, 0.1) is 26.1 Å². The molecule has 0 N–H and O–H groups in total. The largest absolute Gasteiger partial charge is 0.469 e. The van der Waals surface area contributed by atoms with E-state index in [1.807, 2.05) is 6.08 Å². The SMILES string of the molecule is COC(=O)[C@@H]1C2C3C=CC1[C@@H](C(=O)OC)C32. The lowest BCUT2D eigenvalue weighted by molar-refractivity contribution is -0.151. The Hall–Kier alpha value is -1.32. The third-order valence-corrected chi connectivity index (χ3v) is 4.35. The third-order valence-electron chi connectivity index (χ3n) is 4.35. The van der Waals surface area contributed by atoms with Crippen molar-refractivity contribution >= 4 is 11.9 Å². The molecule has 0 aromatic carbocycles. The van der Waals surface area contributed by atoms with Crippen molar-refractivity contribution in [1.29, 1.82) is 0 Å². The standard InChI is InChI=1S/C12H14O4/c1-15-11(13)9-6-4-3-5-7(9)8(5)10(6)12(14)16-2/h3-10H,1-2H3/t5?,6?,7?,8?,9-,10+. The number of allylic oxidation sites excluding steroid dienone is 2. The maximum absolute atomic E-state index is 11.7. The summed E-state index contributed by atoms with van der Waals surface area (Å²) in [4.78, 5) is 23.4. The van der Waals surface area contributed by atoms with Crippen molar-refractivity contribution in [3.05, 3.63) is 12.2 Å². The smallest absolute Gasteiger partial charge is 0.309 e. The monoisotopic (exact) mass is 222 g/mol. The van der Waals surface area contributed by atoms with Gasteiger partial charge in [-0.1, -0.05) is 12.2 Å². The summed E-state index contributed by atoms with van der Waals surface area (Å²) in [6.45, 7) is 0. The number of hydrogen-bond donors (Lipinski definition) is 0. The first-order valence-electron chi connectivity index (χ1n) is 5.54. The Kier molecular flexibility index (Phi) is 1.91. The van der Waals surface area contributed by atoms with E-state index in [1.165, 1.54) is 14.2 Å². The molecule has 2 saturated carbocycles. The van der Waals surface area contributed by atoms with E-state index in [4.69, 9.17) is 9.47 Å². The second-order valence-electron chi connectivity index (χ2n) is 4.79. The van der Waals surface area contributed by atoms with Crippen molar-refractivity contribution < 1.29 is 19.1 Å². The quantitative estimate of drug-likeness (QED) is 0.508. The molecule has 0 amide bonds. The van der Waals surface area contributed by atoms with Crippen LogP contribution in [0, 0.1) is 35.5 Å². The first-order valence-corrected chi connectivity index (χ1v) is 5.54. The second kappa shape index (κ2) is 3.09. The Labute approximate surface area is 93.6 Å². The van der Waals surface area contributed by atoms with Gasteiger partial charge in [0.25, 0.3) is 0 Å². The summed E-state index contributed by atoms with van der Waals surface area (Å²) < 4.78 is 9.64. The molecule has 0 aromatic heterocycles. The lowest BCUT2D eigenvalue weighted by Crippen LogP contribution is -2.34. The van der Waals surface area contributed by atoms with Gasteiger partial charge in [0, 0.05) is 5.92 Å². The zero-order chi connectivity index (χ0) is 11.4. The van der Waals surface area contributed by atoms with Crippen LogP contribution in [0.15, 0.2) is 12.2 Å². The van der Waals surface area contributed by atoms with Crippen molar-refractivity contribution in [1.82, 2.24) is 0 Å². The minimum Gasteiger partial charge on any atom is -0.469 e. The van der Waals surface area contributed by atoms with Gasteiger partial charge in [-0.25, -0.2) is 0 Å². The summed E-state index contributed by atoms with van der Waals surface area (Å²) in [6, 6.07) is 0. The van der Waals surface area contributed by atoms with Gasteiger partial charge < -0.3 is 9.47 Å². The highest BCUT2D eigenvalue weighted by Gasteiger charge is 2.71. The molecule has 0 aromatic rings. The van der Waals surface area contributed by atoms with Crippen LogP contribution in [0.25, 0.3) is 0 Å². The summed E-state index contributed by atoms with van der Waals surface area (Å²) in [7, 11) is 2.81. The van der Waals surface area contributed by atoms with Gasteiger partial charge in [0.1, 0.15) is 0 Å². The summed E-state index contributed by atoms with van der Waals surface area (Å²) in [6.07, 6.45) is 4.13. The van der Waals surface area contributed by atoms with Crippen LogP contribution < -0.4 is 0 Å². The third kappa shape index (κ3) is 0.996. The molecule has 6 atom stereocenters. The fraction of sp³-hybridized carbons (Fsp3) is 0.667. The van der Waals surface area contributed by atoms with E-state index in [0.717, 1.165) is 0 Å². The highest BCUT2D eigenvalue weighted by molar-refractivity contribution is 5.82. The lowest BCUT2D eigenvalue weighted by atomic mass is 9.77. The normalized spacial score (nSPS) is 46.4. The highest BCUT2D eigenvalue weighted by atomic mass is 16.5. The Morgan fingerprint density at radius 1 is 0.875 bits per heavy atom. The molecule has 4 bridgehead atoms. The molecule has 16 heavy (non-hydrogen) atoms. The van der Waals surface area contributed by atoms with Gasteiger partial charge in [-0.15, -0.1) is 0 Å². The van der Waals surface area contributed by atoms with Gasteiger partial charge in [0.15, 0.2) is 0 Å². The molecule has 4 heteroatoms. The number of carbonyl (C=O) groups is 2. The number of esters is 2. The molecule has 4 unspecified atom stereocenters. The minimum atomic E-state index is -0.182. The Morgan fingerprint density at radius 3 is 1.75 bits per heavy atom. The van der Waals surface area contributed by atoms with E-state index in [-0.39, 0.29) is 29.7 Å². The molecule has 0 radical (unpaired) electrons. The zero-order valence-electron chi connectivity index (χ0n) is 9.25. The van der Waals surface area contributed by atoms with Crippen molar-refractivity contribution in [2.75, 3.05) is 14.2 Å². The van der Waals surface area contributed by atoms with E-state index < -0.39 is 0 Å². The maximum Gasteiger partial charge on any atom is 0.309 e. The van der Waals surface area contributed by atoms with E-state index in [1.54, 1.807) is 0 Å². The van der Waals surface area contributed by atoms with Gasteiger partial charge in [-0.2, -0.15) is 0 Å². The minimum absolute atomic E-state index is 0.0140. The second-order valence-corrected chi connectivity index (χ2v) is 4.79. The van der Waals surface area contributed by atoms with Gasteiger partial charge in [0.2, 0.25) is 0 Å². The molecule has 0 saturated heterocycles. The van der Waals surface area contributed by atoms with Crippen molar-refractivity contribution in [3.63, 3.8) is 0 Å². The number of carbonyl (C=O) groups excluding carboxylic acids is 2. The Morgan fingerprint density at radius 2 is 1.31 bits per heavy atom. The summed E-state index contributed by atoms with van der Waals surface area (Å²) in [5, 5.41) is 0. The molecule has 2 fully saturated rings. The van der Waals surface area contributed by atoms with Crippen LogP contribution in [0.3, 0.4) is 0 Å². The number of hydrogen-bond acceptors (Lipinski definition) is 4. The number of ether oxygens (including phenoxy) is 2. The average Bonchev–Trinajstić information content (AvgIpc) is 2.97. The lowest BCUT2D eigenvalue weighted by Gasteiger charge is -2.27. The molecule has 4 aliphatic carbocycles. The Balaban J connectivity index is 1.91. The number of methoxy groups -OCH3 is 2. The van der Waals surface area contributed by atoms with Crippen LogP contribution in [0.5, 0.6) is 0 Å². The molecule has 4 nitrogen and oxygen atoms in total. The Bertz CT molecular complexity index is 356. The summed E-state index contributed by atoms with van der Waals surface area (Å²) in [5.74, 6) is 0.371. The first-order chi connectivity index (χ1) is 7.70. The fourth-order valence-corrected chi connectivity index (χ4v) is 3.73. The molecular weight excluding hydrogens is 208 g/mol. The molecule has 0 heterocycles. The van der Waals surface area contributed by atoms with Gasteiger partial charge >= 0.3 is 11.9 Å². The summed E-state index contributed by atoms with van der Waals surface area (Å²) in [5.41, 5.74) is 0. The van der Waals surface area contributed by atoms with Crippen LogP contribution in [0.1, 0.15) is 0 Å². The van der Waals surface area contributed by atoms with Crippen LogP contribution in [0.2, 0.25) is 0 Å².